The summed E-state index contributed by atoms with van der Waals surface area (Å²) in [6.07, 6.45) is 2.99. The van der Waals surface area contributed by atoms with Gasteiger partial charge in [-0.1, -0.05) is 28.1 Å². The summed E-state index contributed by atoms with van der Waals surface area (Å²) in [7, 11) is 1.45. The lowest BCUT2D eigenvalue weighted by atomic mass is 10.2. The van der Waals surface area contributed by atoms with E-state index < -0.39 is 5.97 Å². The molecule has 0 radical (unpaired) electrons. The summed E-state index contributed by atoms with van der Waals surface area (Å²) < 4.78 is 11.3. The summed E-state index contributed by atoms with van der Waals surface area (Å²) in [4.78, 5) is 11.9. The van der Waals surface area contributed by atoms with Crippen molar-refractivity contribution in [2.75, 3.05) is 7.11 Å². The first kappa shape index (κ1) is 15.8. The minimum Gasteiger partial charge on any atom is -0.493 e. The number of halogens is 1. The Morgan fingerprint density at radius 2 is 2.05 bits per heavy atom. The largest absolute Gasteiger partial charge is 0.493 e. The van der Waals surface area contributed by atoms with Crippen LogP contribution < -0.4 is 9.47 Å². The molecule has 5 heteroatoms. The average Bonchev–Trinajstić information content (AvgIpc) is 2.53. The van der Waals surface area contributed by atoms with Gasteiger partial charge in [0, 0.05) is 16.6 Å². The van der Waals surface area contributed by atoms with E-state index in [1.165, 1.54) is 25.3 Å². The van der Waals surface area contributed by atoms with Gasteiger partial charge in [-0.15, -0.1) is 0 Å². The van der Waals surface area contributed by atoms with Crippen LogP contribution in [0.5, 0.6) is 11.5 Å². The Kier molecular flexibility index (Phi) is 5.34. The van der Waals surface area contributed by atoms with Crippen molar-refractivity contribution in [2.45, 2.75) is 0 Å². The fourth-order valence-electron chi connectivity index (χ4n) is 1.74. The number of esters is 1. The van der Waals surface area contributed by atoms with E-state index in [0.29, 0.717) is 11.3 Å². The fraction of sp³-hybridized carbons (Fsp3) is 0.0588. The topological polar surface area (TPSA) is 59.3 Å². The molecule has 2 rings (SSSR count). The van der Waals surface area contributed by atoms with Crippen LogP contribution in [0.3, 0.4) is 0 Å². The van der Waals surface area contributed by atoms with Gasteiger partial charge >= 0.3 is 5.97 Å². The predicted octanol–water partition coefficient (Wildman–Crippen LogP) is 3.95. The Balaban J connectivity index is 2.11. The van der Waals surface area contributed by atoms with Crippen LogP contribution in [0.2, 0.25) is 0 Å². The van der Waals surface area contributed by atoms with Crippen LogP contribution in [-0.4, -0.2) is 13.1 Å². The van der Waals surface area contributed by atoms with E-state index in [2.05, 4.69) is 15.9 Å². The van der Waals surface area contributed by atoms with Crippen molar-refractivity contribution in [2.24, 2.45) is 0 Å². The lowest BCUT2D eigenvalue weighted by Crippen LogP contribution is -2.05. The number of rotatable bonds is 4. The third-order valence-electron chi connectivity index (χ3n) is 2.76. The number of hydrogen-bond acceptors (Lipinski definition) is 4. The van der Waals surface area contributed by atoms with E-state index in [1.807, 2.05) is 30.3 Å². The number of nitriles is 1. The molecular formula is C17H12BrNO3. The Hall–Kier alpha value is -2.58. The maximum absolute atomic E-state index is 11.9. The summed E-state index contributed by atoms with van der Waals surface area (Å²) in [6, 6.07) is 14.1. The van der Waals surface area contributed by atoms with E-state index in [4.69, 9.17) is 14.7 Å². The molecule has 2 aromatic carbocycles. The van der Waals surface area contributed by atoms with Gasteiger partial charge in [-0.3, -0.25) is 0 Å². The van der Waals surface area contributed by atoms with Gasteiger partial charge in [-0.05, 0) is 35.9 Å². The van der Waals surface area contributed by atoms with E-state index >= 15 is 0 Å². The first-order chi connectivity index (χ1) is 10.6. The molecule has 0 unspecified atom stereocenters. The minimum absolute atomic E-state index is 0.269. The summed E-state index contributed by atoms with van der Waals surface area (Å²) in [5.74, 6) is 0.0802. The Morgan fingerprint density at radius 3 is 2.73 bits per heavy atom. The highest BCUT2D eigenvalue weighted by molar-refractivity contribution is 9.10. The fourth-order valence-corrected chi connectivity index (χ4v) is 2.16. The monoisotopic (exact) mass is 357 g/mol. The number of ether oxygens (including phenoxy) is 2. The van der Waals surface area contributed by atoms with Gasteiger partial charge < -0.3 is 9.47 Å². The van der Waals surface area contributed by atoms with E-state index in [-0.39, 0.29) is 5.75 Å². The van der Waals surface area contributed by atoms with Crippen LogP contribution in [0.25, 0.3) is 6.08 Å². The molecule has 4 nitrogen and oxygen atoms in total. The number of methoxy groups -OCH3 is 1. The molecule has 0 saturated heterocycles. The number of carbonyl (C=O) groups excluding carboxylic acids is 1. The summed E-state index contributed by atoms with van der Waals surface area (Å²) >= 11 is 3.36. The van der Waals surface area contributed by atoms with Crippen molar-refractivity contribution in [1.29, 1.82) is 5.26 Å². The second-order valence-corrected chi connectivity index (χ2v) is 5.20. The first-order valence-electron chi connectivity index (χ1n) is 6.36. The van der Waals surface area contributed by atoms with E-state index in [1.54, 1.807) is 12.1 Å². The standard InChI is InChI=1S/C17H12BrNO3/c1-21-16-10-13(11-19)5-7-15(16)22-17(20)8-6-12-3-2-4-14(18)9-12/h2-10H,1H3/b8-6+. The number of benzene rings is 2. The van der Waals surface area contributed by atoms with Gasteiger partial charge in [0.1, 0.15) is 0 Å². The molecule has 0 aromatic heterocycles. The molecule has 0 fully saturated rings. The second-order valence-electron chi connectivity index (χ2n) is 4.29. The van der Waals surface area contributed by atoms with Gasteiger partial charge in [0.2, 0.25) is 0 Å². The quantitative estimate of drug-likeness (QED) is 0.472. The average molecular weight is 358 g/mol. The SMILES string of the molecule is COc1cc(C#N)ccc1OC(=O)/C=C/c1cccc(Br)c1. The van der Waals surface area contributed by atoms with Crippen molar-refractivity contribution < 1.29 is 14.3 Å². The lowest BCUT2D eigenvalue weighted by molar-refractivity contribution is -0.129. The minimum atomic E-state index is -0.525. The molecule has 0 aliphatic carbocycles. The summed E-state index contributed by atoms with van der Waals surface area (Å²) in [6.45, 7) is 0. The third-order valence-corrected chi connectivity index (χ3v) is 3.26. The van der Waals surface area contributed by atoms with Crippen LogP contribution >= 0.6 is 15.9 Å². The highest BCUT2D eigenvalue weighted by Gasteiger charge is 2.08. The van der Waals surface area contributed by atoms with Gasteiger partial charge in [0.25, 0.3) is 0 Å². The van der Waals surface area contributed by atoms with Crippen LogP contribution in [0.15, 0.2) is 53.0 Å². The molecule has 22 heavy (non-hydrogen) atoms. The van der Waals surface area contributed by atoms with Gasteiger partial charge in [0.15, 0.2) is 11.5 Å². The zero-order valence-electron chi connectivity index (χ0n) is 11.7. The van der Waals surface area contributed by atoms with Crippen LogP contribution in [0.1, 0.15) is 11.1 Å². The molecule has 110 valence electrons. The van der Waals surface area contributed by atoms with E-state index in [0.717, 1.165) is 10.0 Å². The molecule has 0 spiro atoms. The molecule has 0 amide bonds. The number of hydrogen-bond donors (Lipinski definition) is 0. The zero-order valence-corrected chi connectivity index (χ0v) is 13.3. The molecule has 0 saturated carbocycles. The normalized spacial score (nSPS) is 10.2. The van der Waals surface area contributed by atoms with Gasteiger partial charge in [-0.25, -0.2) is 4.79 Å². The highest BCUT2D eigenvalue weighted by atomic mass is 79.9. The molecule has 0 heterocycles. The maximum atomic E-state index is 11.9. The third kappa shape index (κ3) is 4.21. The summed E-state index contributed by atoms with van der Waals surface area (Å²) in [5, 5.41) is 8.83. The highest BCUT2D eigenvalue weighted by Crippen LogP contribution is 2.28. The molecule has 0 atom stereocenters. The number of nitrogens with zero attached hydrogens (tertiary/aromatic N) is 1. The van der Waals surface area contributed by atoms with Crippen molar-refractivity contribution in [3.8, 4) is 17.6 Å². The van der Waals surface area contributed by atoms with Crippen molar-refractivity contribution in [3.05, 3.63) is 64.1 Å². The molecule has 0 N–H and O–H groups in total. The predicted molar refractivity (Wildman–Crippen MR) is 86.5 cm³/mol. The maximum Gasteiger partial charge on any atom is 0.336 e. The van der Waals surface area contributed by atoms with Gasteiger partial charge in [0.05, 0.1) is 18.7 Å². The first-order valence-corrected chi connectivity index (χ1v) is 7.15. The number of carbonyl (C=O) groups is 1. The molecule has 0 aliphatic heterocycles. The molecule has 0 aliphatic rings. The van der Waals surface area contributed by atoms with E-state index in [9.17, 15) is 4.79 Å². The smallest absolute Gasteiger partial charge is 0.336 e. The summed E-state index contributed by atoms with van der Waals surface area (Å²) in [5.41, 5.74) is 1.31. The van der Waals surface area contributed by atoms with Crippen LogP contribution in [-0.2, 0) is 4.79 Å². The Morgan fingerprint density at radius 1 is 1.23 bits per heavy atom. The zero-order chi connectivity index (χ0) is 15.9. The molecule has 2 aromatic rings. The van der Waals surface area contributed by atoms with Crippen molar-refractivity contribution in [1.82, 2.24) is 0 Å². The van der Waals surface area contributed by atoms with Gasteiger partial charge in [-0.2, -0.15) is 5.26 Å². The van der Waals surface area contributed by atoms with Crippen LogP contribution in [0, 0.1) is 11.3 Å². The van der Waals surface area contributed by atoms with Crippen LogP contribution in [0.4, 0.5) is 0 Å². The lowest BCUT2D eigenvalue weighted by Gasteiger charge is -2.07. The Bertz CT molecular complexity index is 763. The van der Waals surface area contributed by atoms with Crippen molar-refractivity contribution in [3.63, 3.8) is 0 Å². The Labute approximate surface area is 136 Å². The molecule has 0 bridgehead atoms. The second kappa shape index (κ2) is 7.43. The van der Waals surface area contributed by atoms with Crippen molar-refractivity contribution >= 4 is 28.0 Å². The molecular weight excluding hydrogens is 346 g/mol.